The Hall–Kier alpha value is -2.15. The van der Waals surface area contributed by atoms with E-state index in [-0.39, 0.29) is 17.4 Å². The lowest BCUT2D eigenvalue weighted by molar-refractivity contribution is -0.125. The molecule has 0 bridgehead atoms. The molecule has 0 radical (unpaired) electrons. The normalized spacial score (nSPS) is 15.2. The molecule has 0 aliphatic carbocycles. The minimum Gasteiger partial charge on any atom is -0.369 e. The Labute approximate surface area is 155 Å². The summed E-state index contributed by atoms with van der Waals surface area (Å²) in [5.41, 5.74) is 1.75. The molecule has 1 saturated heterocycles. The summed E-state index contributed by atoms with van der Waals surface area (Å²) in [5.74, 6) is 0.114. The molecule has 1 aliphatic heterocycles. The van der Waals surface area contributed by atoms with E-state index in [1.54, 1.807) is 13.2 Å². The number of amides is 1. The van der Waals surface area contributed by atoms with Gasteiger partial charge in [0.25, 0.3) is 5.56 Å². The van der Waals surface area contributed by atoms with Crippen molar-refractivity contribution in [1.29, 1.82) is 0 Å². The molecular formula is C18H21BrN4O2. The number of rotatable bonds is 4. The number of anilines is 1. The topological polar surface area (TPSA) is 67.2 Å². The zero-order valence-electron chi connectivity index (χ0n) is 14.1. The van der Waals surface area contributed by atoms with Gasteiger partial charge in [-0.05, 0) is 34.3 Å². The van der Waals surface area contributed by atoms with Crippen LogP contribution < -0.4 is 15.8 Å². The summed E-state index contributed by atoms with van der Waals surface area (Å²) >= 11 is 3.37. The molecule has 1 aliphatic rings. The number of nitrogens with one attached hydrogen (secondary N) is 1. The number of halogens is 1. The summed E-state index contributed by atoms with van der Waals surface area (Å²) < 4.78 is 1.83. The predicted octanol–water partition coefficient (Wildman–Crippen LogP) is 2.08. The number of carbonyl (C=O) groups is 1. The van der Waals surface area contributed by atoms with Crippen LogP contribution in [0.1, 0.15) is 18.4 Å². The van der Waals surface area contributed by atoms with Crippen molar-refractivity contribution < 1.29 is 4.79 Å². The number of hydrogen-bond donors (Lipinski definition) is 1. The van der Waals surface area contributed by atoms with Gasteiger partial charge in [-0.3, -0.25) is 9.59 Å². The first-order chi connectivity index (χ1) is 12.1. The maximum absolute atomic E-state index is 12.4. The highest BCUT2D eigenvalue weighted by atomic mass is 79.9. The average Bonchev–Trinajstić information content (AvgIpc) is 2.65. The minimum atomic E-state index is -0.153. The van der Waals surface area contributed by atoms with E-state index in [0.29, 0.717) is 11.0 Å². The van der Waals surface area contributed by atoms with Crippen molar-refractivity contribution in [2.45, 2.75) is 19.4 Å². The zero-order chi connectivity index (χ0) is 17.8. The lowest BCUT2D eigenvalue weighted by Crippen LogP contribution is -2.41. The van der Waals surface area contributed by atoms with Crippen LogP contribution in [0, 0.1) is 5.92 Å². The third-order valence-electron chi connectivity index (χ3n) is 4.58. The molecule has 0 saturated carbocycles. The molecule has 7 heteroatoms. The van der Waals surface area contributed by atoms with Gasteiger partial charge in [-0.25, -0.2) is 4.68 Å². The summed E-state index contributed by atoms with van der Waals surface area (Å²) in [6, 6.07) is 9.91. The third-order valence-corrected chi connectivity index (χ3v) is 5.32. The van der Waals surface area contributed by atoms with Crippen LogP contribution in [0.5, 0.6) is 0 Å². The molecule has 1 aromatic heterocycles. The molecule has 0 unspecified atom stereocenters. The largest absolute Gasteiger partial charge is 0.369 e. The maximum Gasteiger partial charge on any atom is 0.282 e. The number of hydrogen-bond acceptors (Lipinski definition) is 4. The van der Waals surface area contributed by atoms with Crippen molar-refractivity contribution in [2.24, 2.45) is 13.0 Å². The second-order valence-electron chi connectivity index (χ2n) is 6.24. The molecule has 1 N–H and O–H groups in total. The number of benzene rings is 1. The molecule has 6 nitrogen and oxygen atoms in total. The van der Waals surface area contributed by atoms with Gasteiger partial charge in [0.1, 0.15) is 4.47 Å². The number of aryl methyl sites for hydroxylation is 1. The van der Waals surface area contributed by atoms with Gasteiger partial charge in [-0.2, -0.15) is 5.10 Å². The standard InChI is InChI=1S/C18H21BrN4O2/c1-22-18(25)16(19)15(12-21-22)23-9-7-14(8-10-23)17(24)20-11-13-5-3-2-4-6-13/h2-6,12,14H,7-11H2,1H3,(H,20,24). The second kappa shape index (κ2) is 7.82. The molecule has 1 aromatic carbocycles. The second-order valence-corrected chi connectivity index (χ2v) is 7.03. The van der Waals surface area contributed by atoms with E-state index < -0.39 is 0 Å². The van der Waals surface area contributed by atoms with Crippen LogP contribution in [0.15, 0.2) is 45.8 Å². The van der Waals surface area contributed by atoms with E-state index in [9.17, 15) is 9.59 Å². The van der Waals surface area contributed by atoms with Gasteiger partial charge in [-0.15, -0.1) is 0 Å². The fraction of sp³-hybridized carbons (Fsp3) is 0.389. The van der Waals surface area contributed by atoms with E-state index in [0.717, 1.165) is 37.2 Å². The quantitative estimate of drug-likeness (QED) is 0.846. The molecule has 132 valence electrons. The smallest absolute Gasteiger partial charge is 0.282 e. The van der Waals surface area contributed by atoms with E-state index >= 15 is 0 Å². The lowest BCUT2D eigenvalue weighted by Gasteiger charge is -2.33. The molecule has 0 atom stereocenters. The Morgan fingerprint density at radius 1 is 1.28 bits per heavy atom. The summed E-state index contributed by atoms with van der Waals surface area (Å²) in [5, 5.41) is 7.10. The minimum absolute atomic E-state index is 0.0123. The first-order valence-electron chi connectivity index (χ1n) is 8.34. The molecule has 1 fully saturated rings. The number of carbonyl (C=O) groups excluding carboxylic acids is 1. The van der Waals surface area contributed by atoms with Crippen molar-refractivity contribution >= 4 is 27.5 Å². The van der Waals surface area contributed by atoms with Crippen molar-refractivity contribution in [3.8, 4) is 0 Å². The number of nitrogens with zero attached hydrogens (tertiary/aromatic N) is 3. The Balaban J connectivity index is 1.56. The Morgan fingerprint density at radius 2 is 1.96 bits per heavy atom. The van der Waals surface area contributed by atoms with E-state index in [2.05, 4.69) is 31.2 Å². The lowest BCUT2D eigenvalue weighted by atomic mass is 9.95. The van der Waals surface area contributed by atoms with E-state index in [4.69, 9.17) is 0 Å². The van der Waals surface area contributed by atoms with Crippen LogP contribution in [0.4, 0.5) is 5.69 Å². The Morgan fingerprint density at radius 3 is 2.64 bits per heavy atom. The zero-order valence-corrected chi connectivity index (χ0v) is 15.7. The molecule has 3 rings (SSSR count). The monoisotopic (exact) mass is 404 g/mol. The van der Waals surface area contributed by atoms with E-state index in [1.165, 1.54) is 4.68 Å². The van der Waals surface area contributed by atoms with Crippen LogP contribution >= 0.6 is 15.9 Å². The van der Waals surface area contributed by atoms with E-state index in [1.807, 2.05) is 30.3 Å². The summed E-state index contributed by atoms with van der Waals surface area (Å²) in [6.45, 7) is 2.03. The Bertz CT molecular complexity index is 798. The average molecular weight is 405 g/mol. The highest BCUT2D eigenvalue weighted by molar-refractivity contribution is 9.10. The first-order valence-corrected chi connectivity index (χ1v) is 9.14. The van der Waals surface area contributed by atoms with Gasteiger partial charge in [0.2, 0.25) is 5.91 Å². The molecule has 1 amide bonds. The number of piperidine rings is 1. The fourth-order valence-corrected chi connectivity index (χ4v) is 3.64. The van der Waals surface area contributed by atoms with Gasteiger partial charge in [0.05, 0.1) is 11.9 Å². The van der Waals surface area contributed by atoms with Gasteiger partial charge in [-0.1, -0.05) is 30.3 Å². The van der Waals surface area contributed by atoms with Crippen LogP contribution in [0.25, 0.3) is 0 Å². The summed E-state index contributed by atoms with van der Waals surface area (Å²) in [7, 11) is 1.63. The molecule has 0 spiro atoms. The summed E-state index contributed by atoms with van der Waals surface area (Å²) in [6.07, 6.45) is 3.23. The van der Waals surface area contributed by atoms with Crippen LogP contribution in [0.2, 0.25) is 0 Å². The fourth-order valence-electron chi connectivity index (χ4n) is 3.03. The highest BCUT2D eigenvalue weighted by Crippen LogP contribution is 2.27. The van der Waals surface area contributed by atoms with Gasteiger partial charge >= 0.3 is 0 Å². The highest BCUT2D eigenvalue weighted by Gasteiger charge is 2.26. The predicted molar refractivity (Wildman–Crippen MR) is 100 cm³/mol. The van der Waals surface area contributed by atoms with Gasteiger partial charge < -0.3 is 10.2 Å². The van der Waals surface area contributed by atoms with Crippen molar-refractivity contribution in [3.63, 3.8) is 0 Å². The molecule has 25 heavy (non-hydrogen) atoms. The maximum atomic E-state index is 12.4. The van der Waals surface area contributed by atoms with Crippen molar-refractivity contribution in [2.75, 3.05) is 18.0 Å². The molecule has 2 heterocycles. The van der Waals surface area contributed by atoms with Crippen molar-refractivity contribution in [1.82, 2.24) is 15.1 Å². The third kappa shape index (κ3) is 4.10. The molecule has 2 aromatic rings. The Kier molecular flexibility index (Phi) is 5.53. The molecular weight excluding hydrogens is 384 g/mol. The van der Waals surface area contributed by atoms with Crippen LogP contribution in [-0.4, -0.2) is 28.8 Å². The SMILES string of the molecule is Cn1ncc(N2CCC(C(=O)NCc3ccccc3)CC2)c(Br)c1=O. The van der Waals surface area contributed by atoms with Crippen molar-refractivity contribution in [3.05, 3.63) is 56.9 Å². The summed E-state index contributed by atoms with van der Waals surface area (Å²) in [4.78, 5) is 26.5. The van der Waals surface area contributed by atoms with Gasteiger partial charge in [0.15, 0.2) is 0 Å². The van der Waals surface area contributed by atoms with Crippen LogP contribution in [-0.2, 0) is 18.4 Å². The number of aromatic nitrogens is 2. The first kappa shape index (κ1) is 17.7. The van der Waals surface area contributed by atoms with Crippen LogP contribution in [0.3, 0.4) is 0 Å². The van der Waals surface area contributed by atoms with Gasteiger partial charge in [0, 0.05) is 32.6 Å².